The van der Waals surface area contributed by atoms with Gasteiger partial charge in [-0.2, -0.15) is 0 Å². The largest absolute Gasteiger partial charge is 0.487 e. The normalized spacial score (nSPS) is 11.3. The van der Waals surface area contributed by atoms with Crippen LogP contribution in [0.3, 0.4) is 0 Å². The van der Waals surface area contributed by atoms with E-state index in [1.807, 2.05) is 12.1 Å². The number of rotatable bonds is 4. The highest BCUT2D eigenvalue weighted by molar-refractivity contribution is 6.32. The number of oxime groups is 1. The molecule has 0 amide bonds. The molecule has 0 spiro atoms. The number of aromatic nitrogens is 1. The van der Waals surface area contributed by atoms with E-state index >= 15 is 0 Å². The molecular formula is C13H12ClN3O2. The molecule has 0 radical (unpaired) electrons. The van der Waals surface area contributed by atoms with Crippen LogP contribution in [0.4, 0.5) is 0 Å². The third kappa shape index (κ3) is 3.35. The molecule has 1 aromatic heterocycles. The Bertz CT molecular complexity index is 588. The zero-order chi connectivity index (χ0) is 13.7. The minimum absolute atomic E-state index is 0.000657. The second-order valence-electron chi connectivity index (χ2n) is 3.78. The van der Waals surface area contributed by atoms with Crippen LogP contribution in [0.2, 0.25) is 5.02 Å². The summed E-state index contributed by atoms with van der Waals surface area (Å²) in [7, 11) is 0. The topological polar surface area (TPSA) is 80.7 Å². The molecule has 0 atom stereocenters. The van der Waals surface area contributed by atoms with E-state index in [0.29, 0.717) is 22.9 Å². The minimum Gasteiger partial charge on any atom is -0.487 e. The van der Waals surface area contributed by atoms with E-state index in [1.165, 1.54) is 0 Å². The molecule has 0 aliphatic carbocycles. The summed E-state index contributed by atoms with van der Waals surface area (Å²) in [6.45, 7) is 0.372. The van der Waals surface area contributed by atoms with Gasteiger partial charge in [0.25, 0.3) is 0 Å². The van der Waals surface area contributed by atoms with Crippen molar-refractivity contribution in [1.82, 2.24) is 4.98 Å². The molecule has 0 bridgehead atoms. The maximum atomic E-state index is 8.58. The minimum atomic E-state index is 0.000657. The fourth-order valence-corrected chi connectivity index (χ4v) is 1.71. The number of pyridine rings is 1. The zero-order valence-corrected chi connectivity index (χ0v) is 10.7. The smallest absolute Gasteiger partial charge is 0.170 e. The average Bonchev–Trinajstić information content (AvgIpc) is 2.46. The number of nitrogens with zero attached hydrogens (tertiary/aromatic N) is 2. The van der Waals surface area contributed by atoms with Gasteiger partial charge in [0.1, 0.15) is 12.4 Å². The Morgan fingerprint density at radius 3 is 2.89 bits per heavy atom. The Labute approximate surface area is 115 Å². The molecule has 3 N–H and O–H groups in total. The first kappa shape index (κ1) is 13.2. The van der Waals surface area contributed by atoms with E-state index in [1.54, 1.807) is 30.6 Å². The molecule has 0 aliphatic rings. The number of hydrogen-bond donors (Lipinski definition) is 2. The second kappa shape index (κ2) is 6.06. The van der Waals surface area contributed by atoms with Crippen molar-refractivity contribution in [3.8, 4) is 5.75 Å². The summed E-state index contributed by atoms with van der Waals surface area (Å²) in [5.74, 6) is 0.528. The first-order chi connectivity index (χ1) is 9.20. The number of benzene rings is 1. The van der Waals surface area contributed by atoms with Gasteiger partial charge < -0.3 is 15.7 Å². The Hall–Kier alpha value is -2.27. The third-order valence-electron chi connectivity index (χ3n) is 2.45. The van der Waals surface area contributed by atoms with Gasteiger partial charge in [-0.1, -0.05) is 22.8 Å². The molecule has 2 rings (SSSR count). The molecule has 1 aromatic carbocycles. The monoisotopic (exact) mass is 277 g/mol. The summed E-state index contributed by atoms with van der Waals surface area (Å²) in [4.78, 5) is 3.99. The third-order valence-corrected chi connectivity index (χ3v) is 2.75. The molecule has 6 heteroatoms. The number of hydrogen-bond acceptors (Lipinski definition) is 4. The van der Waals surface area contributed by atoms with E-state index in [9.17, 15) is 0 Å². The van der Waals surface area contributed by atoms with Crippen molar-refractivity contribution in [2.75, 3.05) is 0 Å². The van der Waals surface area contributed by atoms with Crippen LogP contribution in [0.5, 0.6) is 5.75 Å². The first-order valence-corrected chi connectivity index (χ1v) is 5.87. The SMILES string of the molecule is NC(=NO)c1ccc(OCc2cccnc2)c(Cl)c1. The summed E-state index contributed by atoms with van der Waals surface area (Å²) in [6.07, 6.45) is 3.42. The lowest BCUT2D eigenvalue weighted by molar-refractivity contribution is 0.306. The highest BCUT2D eigenvalue weighted by Crippen LogP contribution is 2.26. The Morgan fingerprint density at radius 2 is 2.26 bits per heavy atom. The van der Waals surface area contributed by atoms with Gasteiger partial charge in [-0.3, -0.25) is 4.98 Å². The molecule has 0 fully saturated rings. The molecule has 0 aliphatic heterocycles. The van der Waals surface area contributed by atoms with Crippen LogP contribution in [0.1, 0.15) is 11.1 Å². The predicted molar refractivity (Wildman–Crippen MR) is 72.5 cm³/mol. The summed E-state index contributed by atoms with van der Waals surface area (Å²) in [5, 5.41) is 11.9. The predicted octanol–water partition coefficient (Wildman–Crippen LogP) is 2.41. The molecule has 5 nitrogen and oxygen atoms in total. The van der Waals surface area contributed by atoms with Gasteiger partial charge in [-0.15, -0.1) is 0 Å². The van der Waals surface area contributed by atoms with E-state index in [-0.39, 0.29) is 5.84 Å². The lowest BCUT2D eigenvalue weighted by Crippen LogP contribution is -2.12. The van der Waals surface area contributed by atoms with Crippen molar-refractivity contribution in [2.24, 2.45) is 10.9 Å². The summed E-state index contributed by atoms with van der Waals surface area (Å²) >= 11 is 6.06. The molecule has 0 saturated heterocycles. The summed E-state index contributed by atoms with van der Waals surface area (Å²) in [5.41, 5.74) is 6.94. The first-order valence-electron chi connectivity index (χ1n) is 5.50. The van der Waals surface area contributed by atoms with Gasteiger partial charge in [0.2, 0.25) is 0 Å². The number of amidine groups is 1. The van der Waals surface area contributed by atoms with E-state index < -0.39 is 0 Å². The molecule has 1 heterocycles. The van der Waals surface area contributed by atoms with Crippen LogP contribution in [0.15, 0.2) is 47.9 Å². The highest BCUT2D eigenvalue weighted by atomic mass is 35.5. The van der Waals surface area contributed by atoms with Crippen LogP contribution in [-0.2, 0) is 6.61 Å². The maximum absolute atomic E-state index is 8.58. The quantitative estimate of drug-likeness (QED) is 0.389. The number of halogens is 1. The van der Waals surface area contributed by atoms with Crippen molar-refractivity contribution in [3.63, 3.8) is 0 Å². The molecule has 0 saturated carbocycles. The average molecular weight is 278 g/mol. The molecule has 19 heavy (non-hydrogen) atoms. The Morgan fingerprint density at radius 1 is 1.42 bits per heavy atom. The summed E-state index contributed by atoms with van der Waals surface area (Å²) in [6, 6.07) is 8.66. The van der Waals surface area contributed by atoms with Gasteiger partial charge in [0, 0.05) is 23.5 Å². The fourth-order valence-electron chi connectivity index (χ4n) is 1.48. The lowest BCUT2D eigenvalue weighted by Gasteiger charge is -2.09. The van der Waals surface area contributed by atoms with Crippen molar-refractivity contribution in [3.05, 3.63) is 58.9 Å². The van der Waals surface area contributed by atoms with Crippen molar-refractivity contribution < 1.29 is 9.94 Å². The van der Waals surface area contributed by atoms with Crippen molar-refractivity contribution in [1.29, 1.82) is 0 Å². The molecular weight excluding hydrogens is 266 g/mol. The van der Waals surface area contributed by atoms with Gasteiger partial charge >= 0.3 is 0 Å². The van der Waals surface area contributed by atoms with Crippen LogP contribution in [0.25, 0.3) is 0 Å². The molecule has 0 unspecified atom stereocenters. The van der Waals surface area contributed by atoms with Crippen LogP contribution in [0, 0.1) is 0 Å². The van der Waals surface area contributed by atoms with Crippen LogP contribution < -0.4 is 10.5 Å². The van der Waals surface area contributed by atoms with Crippen molar-refractivity contribution >= 4 is 17.4 Å². The van der Waals surface area contributed by atoms with Gasteiger partial charge in [0.05, 0.1) is 5.02 Å². The standard InChI is InChI=1S/C13H12ClN3O2/c14-11-6-10(13(15)17-18)3-4-12(11)19-8-9-2-1-5-16-7-9/h1-7,18H,8H2,(H2,15,17). The lowest BCUT2D eigenvalue weighted by atomic mass is 10.2. The van der Waals surface area contributed by atoms with Crippen LogP contribution >= 0.6 is 11.6 Å². The highest BCUT2D eigenvalue weighted by Gasteiger charge is 2.06. The summed E-state index contributed by atoms with van der Waals surface area (Å²) < 4.78 is 5.58. The second-order valence-corrected chi connectivity index (χ2v) is 4.19. The van der Waals surface area contributed by atoms with E-state index in [0.717, 1.165) is 5.56 Å². The fraction of sp³-hybridized carbons (Fsp3) is 0.0769. The van der Waals surface area contributed by atoms with Gasteiger partial charge in [-0.25, -0.2) is 0 Å². The maximum Gasteiger partial charge on any atom is 0.170 e. The van der Waals surface area contributed by atoms with Gasteiger partial charge in [0.15, 0.2) is 5.84 Å². The number of nitrogens with two attached hydrogens (primary N) is 1. The molecule has 2 aromatic rings. The Balaban J connectivity index is 2.10. The van der Waals surface area contributed by atoms with E-state index in [2.05, 4.69) is 10.1 Å². The van der Waals surface area contributed by atoms with E-state index in [4.69, 9.17) is 27.3 Å². The van der Waals surface area contributed by atoms with Crippen molar-refractivity contribution in [2.45, 2.75) is 6.61 Å². The Kier molecular flexibility index (Phi) is 4.20. The number of ether oxygens (including phenoxy) is 1. The van der Waals surface area contributed by atoms with Gasteiger partial charge in [-0.05, 0) is 24.3 Å². The van der Waals surface area contributed by atoms with Crippen LogP contribution in [-0.4, -0.2) is 16.0 Å². The molecule has 98 valence electrons. The zero-order valence-electron chi connectivity index (χ0n) is 9.95.